The van der Waals surface area contributed by atoms with Crippen LogP contribution in [0, 0.1) is 13.8 Å². The van der Waals surface area contributed by atoms with Gasteiger partial charge in [0.1, 0.15) is 21.3 Å². The fourth-order valence-electron chi connectivity index (χ4n) is 3.23. The van der Waals surface area contributed by atoms with Crippen molar-refractivity contribution in [2.24, 2.45) is 0 Å². The molecule has 0 amide bonds. The van der Waals surface area contributed by atoms with Gasteiger partial charge in [0, 0.05) is 18.7 Å². The molecule has 0 radical (unpaired) electrons. The summed E-state index contributed by atoms with van der Waals surface area (Å²) >= 11 is 1.22. The molecular formula is C23H23N3O5S2. The number of aromatic nitrogens is 2. The molecule has 172 valence electrons. The van der Waals surface area contributed by atoms with Gasteiger partial charge < -0.3 is 14.0 Å². The highest BCUT2D eigenvalue weighted by molar-refractivity contribution is 7.93. The van der Waals surface area contributed by atoms with Crippen molar-refractivity contribution in [1.29, 1.82) is 0 Å². The van der Waals surface area contributed by atoms with E-state index in [0.717, 1.165) is 11.1 Å². The Kier molecular flexibility index (Phi) is 6.13. The lowest BCUT2D eigenvalue weighted by molar-refractivity contribution is 0.394. The molecule has 33 heavy (non-hydrogen) atoms. The zero-order chi connectivity index (χ0) is 23.8. The molecule has 10 heteroatoms. The van der Waals surface area contributed by atoms with Gasteiger partial charge in [-0.15, -0.1) is 11.3 Å². The van der Waals surface area contributed by atoms with Gasteiger partial charge >= 0.3 is 0 Å². The van der Waals surface area contributed by atoms with Crippen LogP contribution in [0.4, 0.5) is 5.69 Å². The first-order chi connectivity index (χ1) is 15.7. The van der Waals surface area contributed by atoms with Crippen molar-refractivity contribution in [1.82, 2.24) is 10.1 Å². The van der Waals surface area contributed by atoms with Gasteiger partial charge in [0.05, 0.1) is 19.9 Å². The van der Waals surface area contributed by atoms with E-state index in [1.54, 1.807) is 49.9 Å². The molecule has 0 spiro atoms. The largest absolute Gasteiger partial charge is 0.497 e. The summed E-state index contributed by atoms with van der Waals surface area (Å²) in [6.07, 6.45) is 0. The second-order valence-electron chi connectivity index (χ2n) is 7.38. The molecule has 2 aromatic carbocycles. The van der Waals surface area contributed by atoms with Gasteiger partial charge in [-0.05, 0) is 60.7 Å². The molecule has 0 saturated carbocycles. The Balaban J connectivity index is 1.71. The van der Waals surface area contributed by atoms with Gasteiger partial charge in [-0.25, -0.2) is 8.42 Å². The van der Waals surface area contributed by atoms with Gasteiger partial charge in [0.25, 0.3) is 15.9 Å². The van der Waals surface area contributed by atoms with Gasteiger partial charge in [0.2, 0.25) is 5.82 Å². The van der Waals surface area contributed by atoms with Crippen molar-refractivity contribution in [3.05, 3.63) is 59.0 Å². The van der Waals surface area contributed by atoms with Crippen molar-refractivity contribution in [3.63, 3.8) is 0 Å². The normalized spacial score (nSPS) is 11.4. The number of hydrogen-bond donors (Lipinski definition) is 0. The van der Waals surface area contributed by atoms with Crippen LogP contribution in [0.2, 0.25) is 0 Å². The van der Waals surface area contributed by atoms with Crippen molar-refractivity contribution < 1.29 is 22.4 Å². The summed E-state index contributed by atoms with van der Waals surface area (Å²) in [7, 11) is 0.774. The molecule has 0 aliphatic rings. The third-order valence-electron chi connectivity index (χ3n) is 5.35. The van der Waals surface area contributed by atoms with E-state index < -0.39 is 10.0 Å². The number of thiophene rings is 1. The number of rotatable bonds is 7. The summed E-state index contributed by atoms with van der Waals surface area (Å²) in [6, 6.07) is 12.3. The molecule has 0 aliphatic heterocycles. The molecule has 8 nitrogen and oxygen atoms in total. The molecule has 0 N–H and O–H groups in total. The summed E-state index contributed by atoms with van der Waals surface area (Å²) in [5, 5.41) is 5.73. The van der Waals surface area contributed by atoms with E-state index in [4.69, 9.17) is 14.0 Å². The number of benzene rings is 2. The molecule has 4 rings (SSSR count). The Morgan fingerprint density at radius 1 is 0.970 bits per heavy atom. The van der Waals surface area contributed by atoms with Crippen LogP contribution in [0.3, 0.4) is 0 Å². The Labute approximate surface area is 196 Å². The molecule has 2 aromatic heterocycles. The van der Waals surface area contributed by atoms with Crippen molar-refractivity contribution in [2.75, 3.05) is 25.6 Å². The van der Waals surface area contributed by atoms with Gasteiger partial charge in [0.15, 0.2) is 0 Å². The van der Waals surface area contributed by atoms with Gasteiger partial charge in [-0.2, -0.15) is 4.98 Å². The second kappa shape index (κ2) is 8.87. The lowest BCUT2D eigenvalue weighted by Crippen LogP contribution is -2.26. The topological polar surface area (TPSA) is 94.8 Å². The summed E-state index contributed by atoms with van der Waals surface area (Å²) in [4.78, 5) is 4.92. The summed E-state index contributed by atoms with van der Waals surface area (Å²) in [5.74, 6) is 1.56. The van der Waals surface area contributed by atoms with E-state index >= 15 is 0 Å². The second-order valence-corrected chi connectivity index (χ2v) is 10.2. The van der Waals surface area contributed by atoms with Crippen LogP contribution < -0.4 is 13.8 Å². The first kappa shape index (κ1) is 22.8. The van der Waals surface area contributed by atoms with E-state index in [0.29, 0.717) is 33.5 Å². The lowest BCUT2D eigenvalue weighted by atomic mass is 10.1. The third-order valence-corrected chi connectivity index (χ3v) is 8.21. The maximum absolute atomic E-state index is 13.4. The minimum Gasteiger partial charge on any atom is -0.497 e. The Morgan fingerprint density at radius 2 is 1.67 bits per heavy atom. The lowest BCUT2D eigenvalue weighted by Gasteiger charge is -2.20. The molecule has 0 atom stereocenters. The monoisotopic (exact) mass is 485 g/mol. The average molecular weight is 486 g/mol. The highest BCUT2D eigenvalue weighted by Crippen LogP contribution is 2.36. The first-order valence-corrected chi connectivity index (χ1v) is 12.3. The smallest absolute Gasteiger partial charge is 0.269 e. The van der Waals surface area contributed by atoms with E-state index in [9.17, 15) is 8.42 Å². The number of aryl methyl sites for hydroxylation is 2. The van der Waals surface area contributed by atoms with Crippen molar-refractivity contribution in [2.45, 2.75) is 18.7 Å². The van der Waals surface area contributed by atoms with Crippen molar-refractivity contribution in [3.8, 4) is 33.7 Å². The van der Waals surface area contributed by atoms with Gasteiger partial charge in [-0.3, -0.25) is 4.31 Å². The summed E-state index contributed by atoms with van der Waals surface area (Å²) < 4.78 is 44.2. The average Bonchev–Trinajstić information content (AvgIpc) is 3.50. The third kappa shape index (κ3) is 4.31. The molecular weight excluding hydrogens is 462 g/mol. The molecule has 0 unspecified atom stereocenters. The van der Waals surface area contributed by atoms with Crippen LogP contribution >= 0.6 is 11.3 Å². The zero-order valence-corrected chi connectivity index (χ0v) is 20.5. The number of anilines is 1. The standard InChI is InChI=1S/C23H23N3O5S2/c1-14-6-7-17(10-15(14)2)26(3)33(27,28)20-8-9-32-21(20)23-24-22(25-31-23)16-11-18(29-4)13-19(12-16)30-5/h6-13H,1-5H3. The number of methoxy groups -OCH3 is 2. The Morgan fingerprint density at radius 3 is 2.30 bits per heavy atom. The van der Waals surface area contributed by atoms with Gasteiger partial charge in [-0.1, -0.05) is 11.2 Å². The number of ether oxygens (including phenoxy) is 2. The molecule has 4 aromatic rings. The van der Waals surface area contributed by atoms with Crippen LogP contribution in [0.25, 0.3) is 22.2 Å². The SMILES string of the molecule is COc1cc(OC)cc(-c2noc(-c3sccc3S(=O)(=O)N(C)c3ccc(C)c(C)c3)n2)c1. The van der Waals surface area contributed by atoms with Crippen LogP contribution in [-0.2, 0) is 10.0 Å². The minimum atomic E-state index is -3.86. The Bertz CT molecular complexity index is 1390. The quantitative estimate of drug-likeness (QED) is 0.366. The van der Waals surface area contributed by atoms with Crippen LogP contribution in [0.15, 0.2) is 57.3 Å². The molecule has 2 heterocycles. The summed E-state index contributed by atoms with van der Waals surface area (Å²) in [5.41, 5.74) is 3.29. The first-order valence-electron chi connectivity index (χ1n) is 9.96. The maximum atomic E-state index is 13.4. The fraction of sp³-hybridized carbons (Fsp3) is 0.217. The Hall–Kier alpha value is -3.37. The van der Waals surface area contributed by atoms with E-state index in [2.05, 4.69) is 10.1 Å². The fourth-order valence-corrected chi connectivity index (χ4v) is 5.74. The van der Waals surface area contributed by atoms with E-state index in [1.807, 2.05) is 26.0 Å². The predicted octanol–water partition coefficient (Wildman–Crippen LogP) is 4.92. The maximum Gasteiger partial charge on any atom is 0.269 e. The molecule has 0 fully saturated rings. The van der Waals surface area contributed by atoms with Crippen molar-refractivity contribution >= 4 is 27.0 Å². The number of hydrogen-bond acceptors (Lipinski definition) is 8. The van der Waals surface area contributed by atoms with E-state index in [-0.39, 0.29) is 10.8 Å². The molecule has 0 bridgehead atoms. The van der Waals surface area contributed by atoms with Crippen LogP contribution in [0.5, 0.6) is 11.5 Å². The molecule has 0 aliphatic carbocycles. The van der Waals surface area contributed by atoms with Crippen LogP contribution in [0.1, 0.15) is 11.1 Å². The summed E-state index contributed by atoms with van der Waals surface area (Å²) in [6.45, 7) is 3.93. The highest BCUT2D eigenvalue weighted by atomic mass is 32.2. The minimum absolute atomic E-state index is 0.103. The zero-order valence-electron chi connectivity index (χ0n) is 18.8. The molecule has 0 saturated heterocycles. The predicted molar refractivity (Wildman–Crippen MR) is 128 cm³/mol. The van der Waals surface area contributed by atoms with E-state index in [1.165, 1.54) is 22.7 Å². The number of nitrogens with zero attached hydrogens (tertiary/aromatic N) is 3. The van der Waals surface area contributed by atoms with Crippen LogP contribution in [-0.4, -0.2) is 39.8 Å². The number of sulfonamides is 1. The highest BCUT2D eigenvalue weighted by Gasteiger charge is 2.29.